The van der Waals surface area contributed by atoms with Crippen LogP contribution in [0.4, 0.5) is 0 Å². The molecular formula is C14H12O4. The first-order chi connectivity index (χ1) is 8.58. The zero-order chi connectivity index (χ0) is 12.9. The van der Waals surface area contributed by atoms with Gasteiger partial charge in [0.2, 0.25) is 0 Å². The van der Waals surface area contributed by atoms with E-state index in [1.54, 1.807) is 6.07 Å². The van der Waals surface area contributed by atoms with Crippen LogP contribution in [0.2, 0.25) is 0 Å². The summed E-state index contributed by atoms with van der Waals surface area (Å²) in [6.45, 7) is 0. The van der Waals surface area contributed by atoms with E-state index < -0.39 is 6.10 Å². The third-order valence-corrected chi connectivity index (χ3v) is 3.32. The van der Waals surface area contributed by atoms with Crippen molar-refractivity contribution in [3.63, 3.8) is 0 Å². The summed E-state index contributed by atoms with van der Waals surface area (Å²) in [5.74, 6) is -0.530. The molecule has 0 saturated heterocycles. The van der Waals surface area contributed by atoms with Gasteiger partial charge in [0, 0.05) is 11.8 Å². The lowest BCUT2D eigenvalue weighted by Crippen LogP contribution is -2.18. The minimum Gasteiger partial charge on any atom is -0.510 e. The third kappa shape index (κ3) is 1.43. The molecule has 1 atom stereocenters. The Bertz CT molecular complexity index is 673. The summed E-state index contributed by atoms with van der Waals surface area (Å²) in [5, 5.41) is 40.0. The molecule has 2 aromatic carbocycles. The summed E-state index contributed by atoms with van der Waals surface area (Å²) in [4.78, 5) is 0. The highest BCUT2D eigenvalue weighted by molar-refractivity contribution is 5.98. The molecule has 0 saturated carbocycles. The summed E-state index contributed by atoms with van der Waals surface area (Å²) in [5.41, 5.74) is 1.47. The van der Waals surface area contributed by atoms with Crippen LogP contribution in [0.1, 0.15) is 11.1 Å². The number of fused-ring (bicyclic) bond motifs is 3. The predicted molar refractivity (Wildman–Crippen MR) is 67.6 cm³/mol. The Hall–Kier alpha value is -2.20. The van der Waals surface area contributed by atoms with Crippen molar-refractivity contribution >= 4 is 16.8 Å². The summed E-state index contributed by atoms with van der Waals surface area (Å²) in [6, 6.07) is 6.78. The third-order valence-electron chi connectivity index (χ3n) is 3.32. The average molecular weight is 244 g/mol. The van der Waals surface area contributed by atoms with E-state index in [0.717, 1.165) is 10.9 Å². The van der Waals surface area contributed by atoms with E-state index in [1.807, 2.05) is 12.1 Å². The van der Waals surface area contributed by atoms with Crippen molar-refractivity contribution in [2.75, 3.05) is 0 Å². The molecule has 3 rings (SSSR count). The first-order valence-corrected chi connectivity index (χ1v) is 5.63. The van der Waals surface area contributed by atoms with Gasteiger partial charge in [0.05, 0.1) is 0 Å². The Morgan fingerprint density at radius 3 is 2.50 bits per heavy atom. The van der Waals surface area contributed by atoms with Crippen LogP contribution in [-0.4, -0.2) is 26.5 Å². The lowest BCUT2D eigenvalue weighted by atomic mass is 9.89. The maximum atomic E-state index is 9.94. The molecule has 92 valence electrons. The molecule has 0 aromatic heterocycles. The molecule has 0 heterocycles. The summed E-state index contributed by atoms with van der Waals surface area (Å²) >= 11 is 0. The van der Waals surface area contributed by atoms with Gasteiger partial charge in [0.15, 0.2) is 11.5 Å². The minimum atomic E-state index is -0.908. The van der Waals surface area contributed by atoms with Crippen LogP contribution in [0.3, 0.4) is 0 Å². The fourth-order valence-corrected chi connectivity index (χ4v) is 2.36. The van der Waals surface area contributed by atoms with Crippen LogP contribution in [0.15, 0.2) is 30.0 Å². The number of phenolic OH excluding ortho intramolecular Hbond substituents is 2. The van der Waals surface area contributed by atoms with Crippen LogP contribution in [0.5, 0.6) is 11.5 Å². The molecule has 0 spiro atoms. The highest BCUT2D eigenvalue weighted by Gasteiger charge is 2.21. The van der Waals surface area contributed by atoms with Gasteiger partial charge in [-0.25, -0.2) is 0 Å². The second-order valence-electron chi connectivity index (χ2n) is 4.46. The van der Waals surface area contributed by atoms with Crippen molar-refractivity contribution in [1.82, 2.24) is 0 Å². The van der Waals surface area contributed by atoms with Gasteiger partial charge in [-0.2, -0.15) is 0 Å². The number of hydrogen-bond donors (Lipinski definition) is 4. The molecule has 0 amide bonds. The fraction of sp³-hybridized carbons (Fsp3) is 0.143. The molecule has 18 heavy (non-hydrogen) atoms. The zero-order valence-corrected chi connectivity index (χ0v) is 9.46. The molecule has 2 aromatic rings. The van der Waals surface area contributed by atoms with E-state index in [4.69, 9.17) is 0 Å². The summed E-state index contributed by atoms with van der Waals surface area (Å²) in [7, 11) is 0. The summed E-state index contributed by atoms with van der Waals surface area (Å²) in [6.07, 6.45) is 0.822. The van der Waals surface area contributed by atoms with Gasteiger partial charge < -0.3 is 20.4 Å². The first kappa shape index (κ1) is 10.9. The average Bonchev–Trinajstić information content (AvgIpc) is 2.35. The Morgan fingerprint density at radius 2 is 1.72 bits per heavy atom. The number of aliphatic hydroxyl groups excluding tert-OH is 2. The Kier molecular flexibility index (Phi) is 2.21. The van der Waals surface area contributed by atoms with E-state index in [-0.39, 0.29) is 17.3 Å². The van der Waals surface area contributed by atoms with E-state index in [0.29, 0.717) is 17.4 Å². The Balaban J connectivity index is 2.41. The maximum Gasteiger partial charge on any atom is 0.166 e. The normalized spacial score (nSPS) is 18.5. The highest BCUT2D eigenvalue weighted by atomic mass is 16.3. The Labute approximate surface area is 103 Å². The number of benzene rings is 2. The molecule has 0 fully saturated rings. The largest absolute Gasteiger partial charge is 0.510 e. The molecule has 1 unspecified atom stereocenters. The minimum absolute atomic E-state index is 0.127. The number of aliphatic hydroxyl groups is 2. The number of hydrogen-bond acceptors (Lipinski definition) is 4. The molecular weight excluding hydrogens is 232 g/mol. The number of aromatic hydroxyl groups is 2. The van der Waals surface area contributed by atoms with Crippen molar-refractivity contribution in [2.45, 2.75) is 12.5 Å². The second-order valence-corrected chi connectivity index (χ2v) is 4.46. The van der Waals surface area contributed by atoms with Crippen LogP contribution in [-0.2, 0) is 6.42 Å². The van der Waals surface area contributed by atoms with Gasteiger partial charge in [0.1, 0.15) is 11.9 Å². The maximum absolute atomic E-state index is 9.94. The van der Waals surface area contributed by atoms with Crippen molar-refractivity contribution in [1.29, 1.82) is 0 Å². The van der Waals surface area contributed by atoms with Gasteiger partial charge in [-0.05, 0) is 28.7 Å². The molecule has 1 aliphatic carbocycles. The molecule has 4 nitrogen and oxygen atoms in total. The predicted octanol–water partition coefficient (Wildman–Crippen LogP) is 2.07. The molecule has 0 radical (unpaired) electrons. The second kappa shape index (κ2) is 3.65. The number of rotatable bonds is 0. The lowest BCUT2D eigenvalue weighted by molar-refractivity contribution is 0.153. The topological polar surface area (TPSA) is 80.9 Å². The number of phenols is 2. The molecule has 1 aliphatic rings. The van der Waals surface area contributed by atoms with E-state index in [1.165, 1.54) is 12.1 Å². The molecule has 0 aliphatic heterocycles. The Morgan fingerprint density at radius 1 is 1.00 bits per heavy atom. The first-order valence-electron chi connectivity index (χ1n) is 5.63. The van der Waals surface area contributed by atoms with Crippen LogP contribution in [0.25, 0.3) is 16.8 Å². The van der Waals surface area contributed by atoms with Gasteiger partial charge in [-0.15, -0.1) is 0 Å². The quantitative estimate of drug-likeness (QED) is 0.535. The molecule has 4 heteroatoms. The van der Waals surface area contributed by atoms with Crippen LogP contribution < -0.4 is 0 Å². The van der Waals surface area contributed by atoms with Crippen molar-refractivity contribution in [3.8, 4) is 11.5 Å². The monoisotopic (exact) mass is 244 g/mol. The fourth-order valence-electron chi connectivity index (χ4n) is 2.36. The van der Waals surface area contributed by atoms with E-state index >= 15 is 0 Å². The standard InChI is InChI=1S/C14H12O4/c15-10-4-3-7-1-2-8-5-11(16)12(17)6-9(8)13(7)14(10)18/h1-4,6,11,15-18H,5H2. The SMILES string of the molecule is OC1=Cc2c(ccc3ccc(O)c(O)c23)CC1O. The molecule has 4 N–H and O–H groups in total. The van der Waals surface area contributed by atoms with Crippen molar-refractivity contribution in [3.05, 3.63) is 41.2 Å². The van der Waals surface area contributed by atoms with Gasteiger partial charge >= 0.3 is 0 Å². The zero-order valence-electron chi connectivity index (χ0n) is 9.46. The highest BCUT2D eigenvalue weighted by Crippen LogP contribution is 2.39. The van der Waals surface area contributed by atoms with Crippen LogP contribution in [0, 0.1) is 0 Å². The van der Waals surface area contributed by atoms with Crippen molar-refractivity contribution < 1.29 is 20.4 Å². The lowest BCUT2D eigenvalue weighted by Gasteiger charge is -2.20. The van der Waals surface area contributed by atoms with E-state index in [2.05, 4.69) is 0 Å². The van der Waals surface area contributed by atoms with Crippen LogP contribution >= 0.6 is 0 Å². The van der Waals surface area contributed by atoms with Gasteiger partial charge in [0.25, 0.3) is 0 Å². The van der Waals surface area contributed by atoms with Crippen molar-refractivity contribution in [2.24, 2.45) is 0 Å². The smallest absolute Gasteiger partial charge is 0.166 e. The van der Waals surface area contributed by atoms with E-state index in [9.17, 15) is 20.4 Å². The van der Waals surface area contributed by atoms with Gasteiger partial charge in [-0.1, -0.05) is 18.2 Å². The molecule has 0 bridgehead atoms. The summed E-state index contributed by atoms with van der Waals surface area (Å²) < 4.78 is 0. The van der Waals surface area contributed by atoms with Gasteiger partial charge in [-0.3, -0.25) is 0 Å².